The highest BCUT2D eigenvalue weighted by Crippen LogP contribution is 2.40. The molecule has 2 aliphatic heterocycles. The summed E-state index contributed by atoms with van der Waals surface area (Å²) in [4.78, 5) is 12.1. The first-order valence-electron chi connectivity index (χ1n) is 10.1. The summed E-state index contributed by atoms with van der Waals surface area (Å²) in [5.41, 5.74) is 5.45. The lowest BCUT2D eigenvalue weighted by atomic mass is 9.94. The zero-order valence-corrected chi connectivity index (χ0v) is 18.6. The van der Waals surface area contributed by atoms with E-state index in [9.17, 15) is 13.6 Å². The summed E-state index contributed by atoms with van der Waals surface area (Å²) in [6, 6.07) is 3.51. The van der Waals surface area contributed by atoms with Crippen molar-refractivity contribution in [3.63, 3.8) is 0 Å². The van der Waals surface area contributed by atoms with Gasteiger partial charge in [-0.3, -0.25) is 5.01 Å². The lowest BCUT2D eigenvalue weighted by molar-refractivity contribution is -0.135. The van der Waals surface area contributed by atoms with Crippen molar-refractivity contribution in [2.45, 2.75) is 54.5 Å². The topological polar surface area (TPSA) is 41.6 Å². The molecule has 1 N–H and O–H groups in total. The zero-order valence-electron chi connectivity index (χ0n) is 18.6. The van der Waals surface area contributed by atoms with E-state index in [0.717, 1.165) is 0 Å². The van der Waals surface area contributed by atoms with Crippen molar-refractivity contribution >= 4 is 11.5 Å². The van der Waals surface area contributed by atoms with Crippen LogP contribution in [0.25, 0.3) is 5.57 Å². The van der Waals surface area contributed by atoms with E-state index in [4.69, 9.17) is 4.74 Å². The monoisotopic (exact) mass is 406 g/mol. The number of hydrogen-bond acceptors (Lipinski definition) is 4. The van der Waals surface area contributed by atoms with Gasteiger partial charge in [-0.15, -0.1) is 0 Å². The fourth-order valence-electron chi connectivity index (χ4n) is 3.35. The molecular weight excluding hydrogens is 374 g/mol. The summed E-state index contributed by atoms with van der Waals surface area (Å²) < 4.78 is 33.5. The van der Waals surface area contributed by atoms with Gasteiger partial charge in [0.1, 0.15) is 11.6 Å². The number of rotatable bonds is 3. The van der Waals surface area contributed by atoms with Crippen LogP contribution in [0.4, 0.5) is 8.78 Å². The number of carbonyl (C=O) groups excluding carboxylic acids is 1. The van der Waals surface area contributed by atoms with Crippen LogP contribution >= 0.6 is 0 Å². The Hall–Kier alpha value is -2.47. The van der Waals surface area contributed by atoms with E-state index in [-0.39, 0.29) is 17.5 Å². The van der Waals surface area contributed by atoms with E-state index < -0.39 is 17.6 Å². The van der Waals surface area contributed by atoms with Crippen LogP contribution in [0, 0.1) is 17.6 Å². The molecular formula is C23H32F2N2O2. The maximum atomic E-state index is 14.3. The van der Waals surface area contributed by atoms with Crippen molar-refractivity contribution in [1.29, 1.82) is 0 Å². The smallest absolute Gasteiger partial charge is 0.339 e. The highest BCUT2D eigenvalue weighted by atomic mass is 19.1. The first-order chi connectivity index (χ1) is 13.9. The average molecular weight is 407 g/mol. The number of ether oxygens (including phenoxy) is 1. The van der Waals surface area contributed by atoms with Gasteiger partial charge in [0, 0.05) is 5.57 Å². The van der Waals surface area contributed by atoms with E-state index in [0.29, 0.717) is 22.5 Å². The number of fused-ring (bicyclic) bond motifs is 1. The Balaban J connectivity index is 0.000000989. The van der Waals surface area contributed by atoms with Gasteiger partial charge in [0.2, 0.25) is 0 Å². The summed E-state index contributed by atoms with van der Waals surface area (Å²) in [6.07, 6.45) is 3.33. The molecule has 2 aliphatic rings. The minimum atomic E-state index is -0.611. The largest absolute Gasteiger partial charge is 0.465 e. The van der Waals surface area contributed by atoms with Crippen molar-refractivity contribution in [3.8, 4) is 0 Å². The lowest BCUT2D eigenvalue weighted by Gasteiger charge is -2.31. The number of methoxy groups -OCH3 is 1. The zero-order chi connectivity index (χ0) is 22.3. The van der Waals surface area contributed by atoms with Crippen LogP contribution in [0.2, 0.25) is 0 Å². The normalized spacial score (nSPS) is 17.5. The quantitative estimate of drug-likeness (QED) is 0.665. The van der Waals surface area contributed by atoms with E-state index in [1.165, 1.54) is 25.3 Å². The predicted molar refractivity (Wildman–Crippen MR) is 113 cm³/mol. The van der Waals surface area contributed by atoms with Gasteiger partial charge in [-0.05, 0) is 37.1 Å². The molecule has 0 aromatic heterocycles. The van der Waals surface area contributed by atoms with Crippen LogP contribution in [0.1, 0.15) is 54.0 Å². The summed E-state index contributed by atoms with van der Waals surface area (Å²) in [6.45, 7) is 13.7. The van der Waals surface area contributed by atoms with Crippen molar-refractivity contribution in [2.24, 2.45) is 5.92 Å². The number of hydrogen-bond donors (Lipinski definition) is 1. The predicted octanol–water partition coefficient (Wildman–Crippen LogP) is 5.59. The van der Waals surface area contributed by atoms with Crippen LogP contribution in [0.15, 0.2) is 47.3 Å². The molecule has 1 aromatic carbocycles. The van der Waals surface area contributed by atoms with Crippen LogP contribution in [0.5, 0.6) is 0 Å². The number of nitrogens with one attached hydrogen (secondary N) is 1. The van der Waals surface area contributed by atoms with E-state index in [1.54, 1.807) is 17.2 Å². The van der Waals surface area contributed by atoms with Gasteiger partial charge in [-0.25, -0.2) is 19.0 Å². The van der Waals surface area contributed by atoms with Gasteiger partial charge < -0.3 is 4.74 Å². The second-order valence-corrected chi connectivity index (χ2v) is 6.36. The van der Waals surface area contributed by atoms with Gasteiger partial charge in [-0.1, -0.05) is 47.6 Å². The number of benzene rings is 1. The molecule has 0 saturated carbocycles. The van der Waals surface area contributed by atoms with Gasteiger partial charge in [-0.2, -0.15) is 0 Å². The van der Waals surface area contributed by atoms with Crippen molar-refractivity contribution in [2.75, 3.05) is 7.11 Å². The molecule has 0 saturated heterocycles. The number of esters is 1. The molecule has 0 aliphatic carbocycles. The maximum Gasteiger partial charge on any atom is 0.339 e. The van der Waals surface area contributed by atoms with Gasteiger partial charge in [0.05, 0.1) is 35.7 Å². The van der Waals surface area contributed by atoms with Crippen molar-refractivity contribution in [3.05, 3.63) is 64.5 Å². The molecule has 2 heterocycles. The molecule has 6 heteroatoms. The Kier molecular flexibility index (Phi) is 9.24. The van der Waals surface area contributed by atoms with E-state index >= 15 is 0 Å². The Bertz CT molecular complexity index is 806. The average Bonchev–Trinajstić information content (AvgIpc) is 3.05. The third-order valence-corrected chi connectivity index (χ3v) is 4.38. The number of allylic oxidation sites excluding steroid dienone is 2. The highest BCUT2D eigenvalue weighted by molar-refractivity contribution is 5.94. The van der Waals surface area contributed by atoms with Crippen LogP contribution in [-0.2, 0) is 9.53 Å². The highest BCUT2D eigenvalue weighted by Gasteiger charge is 2.37. The second-order valence-electron chi connectivity index (χ2n) is 6.36. The number of halogens is 2. The Morgan fingerprint density at radius 1 is 1.10 bits per heavy atom. The minimum absolute atomic E-state index is 0.00133. The molecule has 29 heavy (non-hydrogen) atoms. The standard InChI is InChI=1S/C19H20F2N2O2.2C2H6/c1-10(2)18-12(19(24)25-4)8-9-15-16(11(3)22-23(15)18)17-13(20)6-5-7-14(17)21;2*1-2/h5-11,22H,1-4H3;2*1-2H3. The SMILES string of the molecule is CC.CC.COC(=O)C1=C(C(C)C)N2NC(C)C(c3c(F)cccc3F)=C2C=C1. The van der Waals surface area contributed by atoms with Crippen LogP contribution < -0.4 is 5.43 Å². The molecule has 0 fully saturated rings. The first kappa shape index (κ1) is 24.6. The molecule has 3 rings (SSSR count). The lowest BCUT2D eigenvalue weighted by Crippen LogP contribution is -2.39. The Morgan fingerprint density at radius 2 is 1.66 bits per heavy atom. The molecule has 4 nitrogen and oxygen atoms in total. The molecule has 1 aromatic rings. The minimum Gasteiger partial charge on any atom is -0.465 e. The van der Waals surface area contributed by atoms with E-state index in [1.807, 2.05) is 48.5 Å². The second kappa shape index (κ2) is 10.9. The van der Waals surface area contributed by atoms with Gasteiger partial charge >= 0.3 is 5.97 Å². The molecule has 1 unspecified atom stereocenters. The van der Waals surface area contributed by atoms with Crippen molar-refractivity contribution in [1.82, 2.24) is 10.4 Å². The Morgan fingerprint density at radius 3 is 2.14 bits per heavy atom. The third kappa shape index (κ3) is 4.75. The van der Waals surface area contributed by atoms with E-state index in [2.05, 4.69) is 5.43 Å². The summed E-state index contributed by atoms with van der Waals surface area (Å²) in [7, 11) is 1.33. The number of carbonyl (C=O) groups is 1. The third-order valence-electron chi connectivity index (χ3n) is 4.38. The summed E-state index contributed by atoms with van der Waals surface area (Å²) >= 11 is 0. The molecule has 160 valence electrons. The van der Waals surface area contributed by atoms with Crippen LogP contribution in [-0.4, -0.2) is 24.1 Å². The Labute approximate surface area is 172 Å². The maximum absolute atomic E-state index is 14.3. The summed E-state index contributed by atoms with van der Waals surface area (Å²) in [5.74, 6) is -1.67. The fraction of sp³-hybridized carbons (Fsp3) is 0.435. The molecule has 0 spiro atoms. The van der Waals surface area contributed by atoms with Crippen molar-refractivity contribution < 1.29 is 18.3 Å². The van der Waals surface area contributed by atoms with Gasteiger partial charge in [0.15, 0.2) is 0 Å². The number of hydrazine groups is 1. The number of nitrogens with zero attached hydrogens (tertiary/aromatic N) is 1. The summed E-state index contributed by atoms with van der Waals surface area (Å²) in [5, 5.41) is 1.74. The fourth-order valence-corrected chi connectivity index (χ4v) is 3.35. The van der Waals surface area contributed by atoms with Gasteiger partial charge in [0.25, 0.3) is 0 Å². The van der Waals surface area contributed by atoms with Crippen LogP contribution in [0.3, 0.4) is 0 Å². The molecule has 0 bridgehead atoms. The first-order valence-corrected chi connectivity index (χ1v) is 10.1. The molecule has 0 amide bonds. The molecule has 0 radical (unpaired) electrons. The molecule has 1 atom stereocenters.